The fourth-order valence-electron chi connectivity index (χ4n) is 6.48. The smallest absolute Gasteiger partial charge is 0.242 e. The van der Waals surface area contributed by atoms with Crippen molar-refractivity contribution in [3.05, 3.63) is 113 Å². The molecule has 6 rings (SSSR count). The van der Waals surface area contributed by atoms with Crippen LogP contribution in [0.2, 0.25) is 0 Å². The Balaban J connectivity index is 1.11. The molecule has 7 nitrogen and oxygen atoms in total. The molecular formula is C34H37F2N5O2. The molecule has 0 radical (unpaired) electrons. The maximum absolute atomic E-state index is 14.4. The van der Waals surface area contributed by atoms with Crippen LogP contribution in [-0.2, 0) is 30.6 Å². The van der Waals surface area contributed by atoms with Crippen LogP contribution in [0.5, 0.6) is 0 Å². The average molecular weight is 586 g/mol. The molecule has 2 aliphatic carbocycles. The van der Waals surface area contributed by atoms with Crippen LogP contribution in [0, 0.1) is 11.6 Å². The van der Waals surface area contributed by atoms with Gasteiger partial charge >= 0.3 is 0 Å². The Bertz CT molecular complexity index is 1610. The van der Waals surface area contributed by atoms with Gasteiger partial charge in [0.2, 0.25) is 5.91 Å². The van der Waals surface area contributed by atoms with E-state index in [4.69, 9.17) is 0 Å². The first-order valence-electron chi connectivity index (χ1n) is 15.0. The third-order valence-electron chi connectivity index (χ3n) is 8.62. The van der Waals surface area contributed by atoms with Gasteiger partial charge in [-0.05, 0) is 65.6 Å². The first-order chi connectivity index (χ1) is 20.9. The summed E-state index contributed by atoms with van der Waals surface area (Å²) < 4.78 is 30.0. The lowest BCUT2D eigenvalue weighted by Gasteiger charge is -2.29. The third-order valence-corrected chi connectivity index (χ3v) is 8.62. The summed E-state index contributed by atoms with van der Waals surface area (Å²) in [7, 11) is 0. The maximum atomic E-state index is 14.4. The molecule has 4 aromatic rings. The summed E-state index contributed by atoms with van der Waals surface area (Å²) in [5.74, 6) is -0.835. The summed E-state index contributed by atoms with van der Waals surface area (Å²) in [6.45, 7) is 2.57. The zero-order chi connectivity index (χ0) is 29.9. The van der Waals surface area contributed by atoms with E-state index >= 15 is 0 Å². The monoisotopic (exact) mass is 585 g/mol. The number of aromatic nitrogens is 2. The standard InChI is InChI=1S/C34H37F2N5O2/c1-2-7-29(39-25-13-12-22-14-24(35)16-28(36)27(22)17-25)34(43)40-32-19-41(20-38-32)30-11-6-4-9-23(30)18-37-33-26-10-5-3-8-21(26)15-31(33)42/h3-6,8-11,14,16,19-20,25,29,31,33,37,39,42H,2,7,12-13,15,17-18H2,1H3,(H,40,43)/t25-,29+,31+,33-/m0/s1. The molecule has 2 aliphatic rings. The van der Waals surface area contributed by atoms with Crippen molar-refractivity contribution < 1.29 is 18.7 Å². The Hall–Kier alpha value is -3.92. The van der Waals surface area contributed by atoms with Gasteiger partial charge in [-0.25, -0.2) is 13.8 Å². The number of hydrogen-bond donors (Lipinski definition) is 4. The number of amides is 1. The minimum atomic E-state index is -0.553. The van der Waals surface area contributed by atoms with Crippen molar-refractivity contribution in [3.63, 3.8) is 0 Å². The molecule has 43 heavy (non-hydrogen) atoms. The van der Waals surface area contributed by atoms with Crippen LogP contribution in [0.15, 0.2) is 73.2 Å². The molecule has 0 fully saturated rings. The molecule has 0 saturated carbocycles. The molecule has 1 aromatic heterocycles. The second-order valence-electron chi connectivity index (χ2n) is 11.6. The van der Waals surface area contributed by atoms with Gasteiger partial charge in [0.25, 0.3) is 0 Å². The fraction of sp³-hybridized carbons (Fsp3) is 0.353. The van der Waals surface area contributed by atoms with E-state index in [0.717, 1.165) is 29.3 Å². The second-order valence-corrected chi connectivity index (χ2v) is 11.6. The van der Waals surface area contributed by atoms with Gasteiger partial charge in [-0.3, -0.25) is 4.79 Å². The first kappa shape index (κ1) is 29.2. The molecule has 1 heterocycles. The Morgan fingerprint density at radius 3 is 2.77 bits per heavy atom. The molecule has 1 amide bonds. The van der Waals surface area contributed by atoms with Crippen molar-refractivity contribution in [1.29, 1.82) is 0 Å². The number of aliphatic hydroxyl groups excluding tert-OH is 1. The molecule has 9 heteroatoms. The van der Waals surface area contributed by atoms with E-state index in [2.05, 4.69) is 33.1 Å². The van der Waals surface area contributed by atoms with Crippen molar-refractivity contribution in [3.8, 4) is 5.69 Å². The predicted molar refractivity (Wildman–Crippen MR) is 162 cm³/mol. The first-order valence-corrected chi connectivity index (χ1v) is 15.0. The summed E-state index contributed by atoms with van der Waals surface area (Å²) >= 11 is 0. The van der Waals surface area contributed by atoms with Gasteiger partial charge in [-0.2, -0.15) is 0 Å². The zero-order valence-electron chi connectivity index (χ0n) is 24.2. The molecule has 0 aliphatic heterocycles. The highest BCUT2D eigenvalue weighted by Crippen LogP contribution is 2.32. The topological polar surface area (TPSA) is 91.2 Å². The van der Waals surface area contributed by atoms with Crippen LogP contribution >= 0.6 is 0 Å². The maximum Gasteiger partial charge on any atom is 0.242 e. The van der Waals surface area contributed by atoms with E-state index in [-0.39, 0.29) is 18.0 Å². The number of nitrogens with one attached hydrogen (secondary N) is 3. The normalized spacial score (nSPS) is 20.0. The molecule has 0 saturated heterocycles. The number of benzene rings is 3. The quantitative estimate of drug-likeness (QED) is 0.207. The largest absolute Gasteiger partial charge is 0.391 e. The number of imidazole rings is 1. The number of carbonyl (C=O) groups excluding carboxylic acids is 1. The van der Waals surface area contributed by atoms with Crippen LogP contribution in [0.25, 0.3) is 5.69 Å². The van der Waals surface area contributed by atoms with Gasteiger partial charge in [-0.1, -0.05) is 55.8 Å². The van der Waals surface area contributed by atoms with E-state index in [0.29, 0.717) is 55.6 Å². The van der Waals surface area contributed by atoms with Crippen LogP contribution in [0.1, 0.15) is 60.0 Å². The molecule has 224 valence electrons. The highest BCUT2D eigenvalue weighted by Gasteiger charge is 2.30. The molecule has 0 spiro atoms. The number of anilines is 1. The molecule has 0 unspecified atom stereocenters. The van der Waals surface area contributed by atoms with Crippen molar-refractivity contribution in [2.24, 2.45) is 0 Å². The second kappa shape index (κ2) is 12.8. The van der Waals surface area contributed by atoms with Crippen LogP contribution in [0.4, 0.5) is 14.6 Å². The highest BCUT2D eigenvalue weighted by atomic mass is 19.1. The Morgan fingerprint density at radius 2 is 1.91 bits per heavy atom. The van der Waals surface area contributed by atoms with E-state index in [1.54, 1.807) is 12.5 Å². The summed E-state index contributed by atoms with van der Waals surface area (Å²) in [6.07, 6.45) is 6.72. The highest BCUT2D eigenvalue weighted by molar-refractivity contribution is 5.94. The van der Waals surface area contributed by atoms with Crippen molar-refractivity contribution in [2.45, 2.75) is 76.2 Å². The van der Waals surface area contributed by atoms with Crippen molar-refractivity contribution >= 4 is 11.7 Å². The Labute approximate surface area is 250 Å². The average Bonchev–Trinajstić information content (AvgIpc) is 3.59. The lowest BCUT2D eigenvalue weighted by Crippen LogP contribution is -2.48. The number of nitrogens with zero attached hydrogens (tertiary/aromatic N) is 2. The van der Waals surface area contributed by atoms with E-state index < -0.39 is 23.8 Å². The van der Waals surface area contributed by atoms with Gasteiger partial charge in [0.15, 0.2) is 5.82 Å². The Morgan fingerprint density at radius 1 is 1.09 bits per heavy atom. The van der Waals surface area contributed by atoms with E-state index in [1.807, 2.05) is 47.9 Å². The predicted octanol–water partition coefficient (Wildman–Crippen LogP) is 5.15. The van der Waals surface area contributed by atoms with Gasteiger partial charge in [0, 0.05) is 25.1 Å². The minimum absolute atomic E-state index is 0.0861. The van der Waals surface area contributed by atoms with Crippen LogP contribution in [-0.4, -0.2) is 38.8 Å². The zero-order valence-corrected chi connectivity index (χ0v) is 24.2. The number of fused-ring (bicyclic) bond motifs is 2. The number of carbonyl (C=O) groups is 1. The SMILES string of the molecule is CCC[C@@H](N[C@H]1CCc2cc(F)cc(F)c2C1)C(=O)Nc1cn(-c2ccccc2CN[C@H]2c3ccccc3C[C@H]2O)cn1. The molecule has 4 N–H and O–H groups in total. The number of halogens is 2. The fourth-order valence-corrected chi connectivity index (χ4v) is 6.48. The van der Waals surface area contributed by atoms with E-state index in [1.165, 1.54) is 11.6 Å². The van der Waals surface area contributed by atoms with Gasteiger partial charge in [0.1, 0.15) is 18.0 Å². The lowest BCUT2D eigenvalue weighted by molar-refractivity contribution is -0.118. The Kier molecular flexibility index (Phi) is 8.65. The molecule has 0 bridgehead atoms. The van der Waals surface area contributed by atoms with Gasteiger partial charge < -0.3 is 25.6 Å². The summed E-state index contributed by atoms with van der Waals surface area (Å²) in [4.78, 5) is 17.8. The number of aryl methyl sites for hydroxylation is 1. The van der Waals surface area contributed by atoms with Crippen LogP contribution in [0.3, 0.4) is 0 Å². The molecule has 4 atom stereocenters. The van der Waals surface area contributed by atoms with Crippen molar-refractivity contribution in [2.75, 3.05) is 5.32 Å². The number of aliphatic hydroxyl groups is 1. The summed E-state index contributed by atoms with van der Waals surface area (Å²) in [5, 5.41) is 20.6. The van der Waals surface area contributed by atoms with Crippen molar-refractivity contribution in [1.82, 2.24) is 20.2 Å². The third kappa shape index (κ3) is 6.39. The number of rotatable bonds is 10. The minimum Gasteiger partial charge on any atom is -0.391 e. The van der Waals surface area contributed by atoms with Gasteiger partial charge in [-0.15, -0.1) is 0 Å². The summed E-state index contributed by atoms with van der Waals surface area (Å²) in [5.41, 5.74) is 5.49. The number of para-hydroxylation sites is 1. The van der Waals surface area contributed by atoms with Crippen LogP contribution < -0.4 is 16.0 Å². The van der Waals surface area contributed by atoms with Gasteiger partial charge in [0.05, 0.1) is 30.1 Å². The number of hydrogen-bond acceptors (Lipinski definition) is 5. The summed E-state index contributed by atoms with van der Waals surface area (Å²) in [6, 6.07) is 17.7. The molecular weight excluding hydrogens is 548 g/mol. The lowest BCUT2D eigenvalue weighted by atomic mass is 9.87. The molecule has 3 aromatic carbocycles. The van der Waals surface area contributed by atoms with E-state index in [9.17, 15) is 18.7 Å².